The van der Waals surface area contributed by atoms with Crippen molar-refractivity contribution in [1.82, 2.24) is 5.32 Å². The monoisotopic (exact) mass is 438 g/mol. The standard InChI is InChI=1S/C24H26N2O2S2/c1-3-28-23(27)20-16-21(19-12-8-5-9-13-19)30-22(20)26-24(29)25-17(2)14-15-18-10-6-4-7-11-18/h4-13,16-17H,3,14-15H2,1-2H3,(H2,25,26,29). The van der Waals surface area contributed by atoms with E-state index in [9.17, 15) is 4.79 Å². The molecule has 0 aliphatic carbocycles. The van der Waals surface area contributed by atoms with Crippen molar-refractivity contribution in [2.75, 3.05) is 11.9 Å². The van der Waals surface area contributed by atoms with Gasteiger partial charge in [0.1, 0.15) is 5.00 Å². The van der Waals surface area contributed by atoms with E-state index in [2.05, 4.69) is 41.8 Å². The van der Waals surface area contributed by atoms with E-state index >= 15 is 0 Å². The fourth-order valence-electron chi connectivity index (χ4n) is 3.05. The van der Waals surface area contributed by atoms with E-state index in [-0.39, 0.29) is 12.0 Å². The Kier molecular flexibility index (Phi) is 7.99. The van der Waals surface area contributed by atoms with Gasteiger partial charge in [-0.2, -0.15) is 0 Å². The van der Waals surface area contributed by atoms with Gasteiger partial charge in [0.25, 0.3) is 0 Å². The van der Waals surface area contributed by atoms with Gasteiger partial charge in [0.05, 0.1) is 12.2 Å². The van der Waals surface area contributed by atoms with Crippen LogP contribution < -0.4 is 10.6 Å². The number of hydrogen-bond donors (Lipinski definition) is 2. The van der Waals surface area contributed by atoms with Crippen molar-refractivity contribution in [3.63, 3.8) is 0 Å². The smallest absolute Gasteiger partial charge is 0.341 e. The zero-order valence-electron chi connectivity index (χ0n) is 17.2. The number of benzene rings is 2. The molecule has 6 heteroatoms. The minimum atomic E-state index is -0.349. The van der Waals surface area contributed by atoms with E-state index in [1.807, 2.05) is 42.5 Å². The number of thiophene rings is 1. The van der Waals surface area contributed by atoms with Crippen LogP contribution in [0.3, 0.4) is 0 Å². The summed E-state index contributed by atoms with van der Waals surface area (Å²) in [7, 11) is 0. The number of ether oxygens (including phenoxy) is 1. The molecule has 0 amide bonds. The molecule has 2 N–H and O–H groups in total. The first kappa shape index (κ1) is 22.0. The lowest BCUT2D eigenvalue weighted by atomic mass is 10.1. The van der Waals surface area contributed by atoms with Gasteiger partial charge in [0.15, 0.2) is 5.11 Å². The van der Waals surface area contributed by atoms with E-state index in [4.69, 9.17) is 17.0 Å². The molecule has 0 aliphatic rings. The molecule has 1 unspecified atom stereocenters. The Hall–Kier alpha value is -2.70. The van der Waals surface area contributed by atoms with Crippen LogP contribution in [0.4, 0.5) is 5.00 Å². The third kappa shape index (κ3) is 6.15. The van der Waals surface area contributed by atoms with Crippen molar-refractivity contribution in [2.24, 2.45) is 0 Å². The Morgan fingerprint density at radius 3 is 2.43 bits per heavy atom. The first-order valence-electron chi connectivity index (χ1n) is 10.0. The average molecular weight is 439 g/mol. The molecule has 156 valence electrons. The Balaban J connectivity index is 1.67. The molecule has 0 saturated carbocycles. The molecule has 0 spiro atoms. The second kappa shape index (κ2) is 10.9. The molecule has 30 heavy (non-hydrogen) atoms. The van der Waals surface area contributed by atoms with Crippen LogP contribution in [0.1, 0.15) is 36.2 Å². The topological polar surface area (TPSA) is 50.4 Å². The second-order valence-electron chi connectivity index (χ2n) is 6.96. The number of hydrogen-bond acceptors (Lipinski definition) is 4. The van der Waals surface area contributed by atoms with E-state index in [1.54, 1.807) is 6.92 Å². The molecule has 1 aromatic heterocycles. The Bertz CT molecular complexity index is 971. The molecule has 3 rings (SSSR count). The fourth-order valence-corrected chi connectivity index (χ4v) is 4.48. The predicted octanol–water partition coefficient (Wildman–Crippen LogP) is 5.90. The van der Waals surface area contributed by atoms with Gasteiger partial charge in [-0.15, -0.1) is 11.3 Å². The van der Waals surface area contributed by atoms with Crippen molar-refractivity contribution in [3.05, 3.63) is 77.9 Å². The minimum Gasteiger partial charge on any atom is -0.462 e. The molecular formula is C24H26N2O2S2. The van der Waals surface area contributed by atoms with Gasteiger partial charge in [-0.3, -0.25) is 0 Å². The Labute approximate surface area is 187 Å². The Morgan fingerprint density at radius 2 is 1.77 bits per heavy atom. The highest BCUT2D eigenvalue weighted by Crippen LogP contribution is 2.35. The maximum atomic E-state index is 12.5. The van der Waals surface area contributed by atoms with Crippen molar-refractivity contribution >= 4 is 39.6 Å². The number of carbonyl (C=O) groups is 1. The second-order valence-corrected chi connectivity index (χ2v) is 8.42. The summed E-state index contributed by atoms with van der Waals surface area (Å²) >= 11 is 7.01. The highest BCUT2D eigenvalue weighted by atomic mass is 32.1. The SMILES string of the molecule is CCOC(=O)c1cc(-c2ccccc2)sc1NC(=S)NC(C)CCc1ccccc1. The van der Waals surface area contributed by atoms with Gasteiger partial charge >= 0.3 is 5.97 Å². The molecule has 1 heterocycles. The van der Waals surface area contributed by atoms with Gasteiger partial charge in [-0.1, -0.05) is 60.7 Å². The van der Waals surface area contributed by atoms with Gasteiger partial charge in [0, 0.05) is 10.9 Å². The van der Waals surface area contributed by atoms with E-state index in [1.165, 1.54) is 16.9 Å². The molecule has 0 saturated heterocycles. The first-order chi connectivity index (χ1) is 14.6. The lowest BCUT2D eigenvalue weighted by Gasteiger charge is -2.17. The van der Waals surface area contributed by atoms with Gasteiger partial charge in [-0.05, 0) is 56.1 Å². The maximum Gasteiger partial charge on any atom is 0.341 e. The average Bonchev–Trinajstić information content (AvgIpc) is 3.17. The fraction of sp³-hybridized carbons (Fsp3) is 0.250. The van der Waals surface area contributed by atoms with E-state index in [0.29, 0.717) is 22.3 Å². The largest absolute Gasteiger partial charge is 0.462 e. The summed E-state index contributed by atoms with van der Waals surface area (Å²) in [5.74, 6) is -0.349. The van der Waals surface area contributed by atoms with Crippen LogP contribution >= 0.6 is 23.6 Å². The third-order valence-corrected chi connectivity index (χ3v) is 5.92. The highest BCUT2D eigenvalue weighted by Gasteiger charge is 2.19. The molecule has 0 bridgehead atoms. The summed E-state index contributed by atoms with van der Waals surface area (Å²) in [5.41, 5.74) is 2.86. The lowest BCUT2D eigenvalue weighted by Crippen LogP contribution is -2.36. The number of esters is 1. The van der Waals surface area contributed by atoms with Crippen LogP contribution in [-0.4, -0.2) is 23.7 Å². The number of nitrogens with one attached hydrogen (secondary N) is 2. The van der Waals surface area contributed by atoms with Crippen LogP contribution in [-0.2, 0) is 11.2 Å². The summed E-state index contributed by atoms with van der Waals surface area (Å²) in [4.78, 5) is 13.4. The van der Waals surface area contributed by atoms with E-state index < -0.39 is 0 Å². The van der Waals surface area contributed by atoms with Gasteiger partial charge < -0.3 is 15.4 Å². The maximum absolute atomic E-state index is 12.5. The summed E-state index contributed by atoms with van der Waals surface area (Å²) in [6.45, 7) is 4.23. The summed E-state index contributed by atoms with van der Waals surface area (Å²) in [6.07, 6.45) is 1.93. The number of aryl methyl sites for hydroxylation is 1. The third-order valence-electron chi connectivity index (χ3n) is 4.60. The first-order valence-corrected chi connectivity index (χ1v) is 11.3. The summed E-state index contributed by atoms with van der Waals surface area (Å²) in [5, 5.41) is 7.72. The van der Waals surface area contributed by atoms with Crippen molar-refractivity contribution in [2.45, 2.75) is 32.7 Å². The van der Waals surface area contributed by atoms with Gasteiger partial charge in [-0.25, -0.2) is 4.79 Å². The van der Waals surface area contributed by atoms with Crippen LogP contribution in [0, 0.1) is 0 Å². The number of thiocarbonyl (C=S) groups is 1. The van der Waals surface area contributed by atoms with Crippen molar-refractivity contribution < 1.29 is 9.53 Å². The van der Waals surface area contributed by atoms with Crippen molar-refractivity contribution in [3.8, 4) is 10.4 Å². The summed E-state index contributed by atoms with van der Waals surface area (Å²) in [6, 6.07) is 22.4. The highest BCUT2D eigenvalue weighted by molar-refractivity contribution is 7.80. The van der Waals surface area contributed by atoms with Crippen LogP contribution in [0.2, 0.25) is 0 Å². The molecule has 0 radical (unpaired) electrons. The Morgan fingerprint density at radius 1 is 1.10 bits per heavy atom. The predicted molar refractivity (Wildman–Crippen MR) is 129 cm³/mol. The molecule has 4 nitrogen and oxygen atoms in total. The number of rotatable bonds is 8. The molecular weight excluding hydrogens is 412 g/mol. The van der Waals surface area contributed by atoms with Crippen molar-refractivity contribution in [1.29, 1.82) is 0 Å². The molecule has 0 fully saturated rings. The quantitative estimate of drug-likeness (QED) is 0.339. The summed E-state index contributed by atoms with van der Waals surface area (Å²) < 4.78 is 5.23. The normalized spacial score (nSPS) is 11.5. The minimum absolute atomic E-state index is 0.199. The molecule has 3 aromatic rings. The van der Waals surface area contributed by atoms with Crippen LogP contribution in [0.25, 0.3) is 10.4 Å². The van der Waals surface area contributed by atoms with Gasteiger partial charge in [0.2, 0.25) is 0 Å². The van der Waals surface area contributed by atoms with E-state index in [0.717, 1.165) is 23.3 Å². The molecule has 2 aromatic carbocycles. The number of carbonyl (C=O) groups excluding carboxylic acids is 1. The number of anilines is 1. The zero-order valence-corrected chi connectivity index (χ0v) is 18.8. The van der Waals surface area contributed by atoms with Crippen LogP contribution in [0.15, 0.2) is 66.7 Å². The molecule has 1 atom stereocenters. The molecule has 0 aliphatic heterocycles. The lowest BCUT2D eigenvalue weighted by molar-refractivity contribution is 0.0528. The zero-order chi connectivity index (χ0) is 21.3. The van der Waals surface area contributed by atoms with Crippen LogP contribution in [0.5, 0.6) is 0 Å².